The summed E-state index contributed by atoms with van der Waals surface area (Å²) in [6, 6.07) is 14.5. The fourth-order valence-electron chi connectivity index (χ4n) is 2.47. The summed E-state index contributed by atoms with van der Waals surface area (Å²) in [4.78, 5) is 0. The normalized spacial score (nSPS) is 12.0. The van der Waals surface area contributed by atoms with E-state index in [1.165, 1.54) is 6.07 Å². The maximum Gasteiger partial charge on any atom is 0.123 e. The number of benzene rings is 2. The standard InChI is InChI=1S/C18H20FNO/c1-13(20)9-10-18(14-5-3-7-16(19)11-14)15-6-4-8-17(12-15)21-2/h3-8,11-12,18,20H,9-10H2,1-2H3. The van der Waals surface area contributed by atoms with Crippen molar-refractivity contribution in [3.63, 3.8) is 0 Å². The summed E-state index contributed by atoms with van der Waals surface area (Å²) in [5.41, 5.74) is 2.66. The number of methoxy groups -OCH3 is 1. The summed E-state index contributed by atoms with van der Waals surface area (Å²) >= 11 is 0. The number of rotatable bonds is 6. The van der Waals surface area contributed by atoms with Crippen molar-refractivity contribution in [3.8, 4) is 5.75 Å². The van der Waals surface area contributed by atoms with Gasteiger partial charge in [0.25, 0.3) is 0 Å². The number of hydrogen-bond acceptors (Lipinski definition) is 2. The molecule has 1 N–H and O–H groups in total. The van der Waals surface area contributed by atoms with E-state index in [-0.39, 0.29) is 11.7 Å². The van der Waals surface area contributed by atoms with Crippen molar-refractivity contribution in [2.75, 3.05) is 7.11 Å². The van der Waals surface area contributed by atoms with Gasteiger partial charge in [0.05, 0.1) is 7.11 Å². The second-order valence-corrected chi connectivity index (χ2v) is 5.20. The highest BCUT2D eigenvalue weighted by atomic mass is 19.1. The van der Waals surface area contributed by atoms with Crippen molar-refractivity contribution < 1.29 is 9.13 Å². The molecule has 0 radical (unpaired) electrons. The molecule has 0 saturated carbocycles. The van der Waals surface area contributed by atoms with Crippen molar-refractivity contribution in [3.05, 3.63) is 65.5 Å². The van der Waals surface area contributed by atoms with E-state index in [9.17, 15) is 4.39 Å². The van der Waals surface area contributed by atoms with Crippen molar-refractivity contribution >= 4 is 5.71 Å². The van der Waals surface area contributed by atoms with Crippen LogP contribution in [0.1, 0.15) is 36.8 Å². The van der Waals surface area contributed by atoms with Crippen LogP contribution in [-0.4, -0.2) is 12.8 Å². The van der Waals surface area contributed by atoms with E-state index in [2.05, 4.69) is 0 Å². The zero-order valence-electron chi connectivity index (χ0n) is 12.4. The van der Waals surface area contributed by atoms with Gasteiger partial charge in [-0.25, -0.2) is 4.39 Å². The topological polar surface area (TPSA) is 33.1 Å². The second-order valence-electron chi connectivity index (χ2n) is 5.20. The average molecular weight is 285 g/mol. The van der Waals surface area contributed by atoms with Crippen LogP contribution in [0, 0.1) is 11.2 Å². The summed E-state index contributed by atoms with van der Waals surface area (Å²) < 4.78 is 18.8. The first-order chi connectivity index (χ1) is 10.1. The average Bonchev–Trinajstić information content (AvgIpc) is 2.47. The van der Waals surface area contributed by atoms with Gasteiger partial charge in [-0.15, -0.1) is 0 Å². The van der Waals surface area contributed by atoms with Crippen LogP contribution in [0.25, 0.3) is 0 Å². The van der Waals surface area contributed by atoms with Crippen LogP contribution in [0.5, 0.6) is 5.75 Å². The fourth-order valence-corrected chi connectivity index (χ4v) is 2.47. The number of halogens is 1. The molecule has 0 fully saturated rings. The Balaban J connectivity index is 2.37. The van der Waals surface area contributed by atoms with Crippen molar-refractivity contribution in [2.45, 2.75) is 25.7 Å². The van der Waals surface area contributed by atoms with E-state index in [0.29, 0.717) is 12.1 Å². The van der Waals surface area contributed by atoms with E-state index >= 15 is 0 Å². The highest BCUT2D eigenvalue weighted by Crippen LogP contribution is 2.31. The Labute approximate surface area is 125 Å². The molecule has 0 bridgehead atoms. The molecule has 110 valence electrons. The van der Waals surface area contributed by atoms with Crippen LogP contribution in [0.4, 0.5) is 4.39 Å². The molecule has 0 aliphatic rings. The Hall–Kier alpha value is -2.16. The minimum absolute atomic E-state index is 0.0658. The Morgan fingerprint density at radius 2 is 1.81 bits per heavy atom. The molecular formula is C18H20FNO. The molecule has 0 heterocycles. The van der Waals surface area contributed by atoms with E-state index in [1.54, 1.807) is 26.2 Å². The molecule has 0 aliphatic carbocycles. The quantitative estimate of drug-likeness (QED) is 0.761. The van der Waals surface area contributed by atoms with Crippen molar-refractivity contribution in [1.29, 1.82) is 5.41 Å². The van der Waals surface area contributed by atoms with Crippen molar-refractivity contribution in [2.24, 2.45) is 0 Å². The van der Waals surface area contributed by atoms with Gasteiger partial charge in [-0.05, 0) is 55.2 Å². The molecule has 0 saturated heterocycles. The van der Waals surface area contributed by atoms with Gasteiger partial charge in [-0.1, -0.05) is 24.3 Å². The SMILES string of the molecule is COc1cccc(C(CCC(C)=N)c2cccc(F)c2)c1. The highest BCUT2D eigenvalue weighted by Gasteiger charge is 2.15. The maximum absolute atomic E-state index is 13.5. The molecule has 2 nitrogen and oxygen atoms in total. The number of nitrogens with one attached hydrogen (secondary N) is 1. The first-order valence-corrected chi connectivity index (χ1v) is 7.03. The van der Waals surface area contributed by atoms with Gasteiger partial charge in [0.15, 0.2) is 0 Å². The maximum atomic E-state index is 13.5. The van der Waals surface area contributed by atoms with E-state index in [1.807, 2.05) is 30.3 Å². The highest BCUT2D eigenvalue weighted by molar-refractivity contribution is 5.78. The molecule has 0 spiro atoms. The second kappa shape index (κ2) is 7.02. The largest absolute Gasteiger partial charge is 0.497 e. The van der Waals surface area contributed by atoms with Crippen LogP contribution in [0.2, 0.25) is 0 Å². The molecule has 2 aromatic rings. The van der Waals surface area contributed by atoms with Gasteiger partial charge in [0, 0.05) is 11.6 Å². The van der Waals surface area contributed by atoms with Gasteiger partial charge in [0.2, 0.25) is 0 Å². The lowest BCUT2D eigenvalue weighted by Gasteiger charge is -2.18. The zero-order chi connectivity index (χ0) is 15.2. The van der Waals surface area contributed by atoms with Crippen LogP contribution < -0.4 is 4.74 Å². The third kappa shape index (κ3) is 4.15. The molecule has 3 heteroatoms. The summed E-state index contributed by atoms with van der Waals surface area (Å²) in [6.07, 6.45) is 1.48. The Morgan fingerprint density at radius 3 is 2.43 bits per heavy atom. The van der Waals surface area contributed by atoms with E-state index < -0.39 is 0 Å². The Bertz CT molecular complexity index is 624. The summed E-state index contributed by atoms with van der Waals surface area (Å²) in [5.74, 6) is 0.628. The smallest absolute Gasteiger partial charge is 0.123 e. The minimum atomic E-state index is -0.230. The van der Waals surface area contributed by atoms with Crippen LogP contribution in [0.15, 0.2) is 48.5 Å². The van der Waals surface area contributed by atoms with Gasteiger partial charge >= 0.3 is 0 Å². The summed E-state index contributed by atoms with van der Waals surface area (Å²) in [6.45, 7) is 1.80. The summed E-state index contributed by atoms with van der Waals surface area (Å²) in [7, 11) is 1.64. The van der Waals surface area contributed by atoms with E-state index in [0.717, 1.165) is 23.3 Å². The zero-order valence-corrected chi connectivity index (χ0v) is 12.4. The van der Waals surface area contributed by atoms with Gasteiger partial charge in [-0.3, -0.25) is 0 Å². The molecule has 0 aromatic heterocycles. The predicted octanol–water partition coefficient (Wildman–Crippen LogP) is 4.79. The van der Waals surface area contributed by atoms with Crippen LogP contribution in [0.3, 0.4) is 0 Å². The van der Waals surface area contributed by atoms with Crippen LogP contribution >= 0.6 is 0 Å². The molecule has 0 amide bonds. The molecule has 21 heavy (non-hydrogen) atoms. The molecule has 2 rings (SSSR count). The lowest BCUT2D eigenvalue weighted by Crippen LogP contribution is -2.04. The van der Waals surface area contributed by atoms with Crippen molar-refractivity contribution in [1.82, 2.24) is 0 Å². The molecule has 0 aliphatic heterocycles. The number of ether oxygens (including phenoxy) is 1. The van der Waals surface area contributed by atoms with Gasteiger partial charge in [-0.2, -0.15) is 0 Å². The predicted molar refractivity (Wildman–Crippen MR) is 83.9 cm³/mol. The lowest BCUT2D eigenvalue weighted by atomic mass is 9.86. The molecule has 1 atom stereocenters. The lowest BCUT2D eigenvalue weighted by molar-refractivity contribution is 0.414. The third-order valence-electron chi connectivity index (χ3n) is 3.56. The molecule has 1 unspecified atom stereocenters. The fraction of sp³-hybridized carbons (Fsp3) is 0.278. The Kier molecular flexibility index (Phi) is 5.09. The third-order valence-corrected chi connectivity index (χ3v) is 3.56. The first kappa shape index (κ1) is 15.2. The van der Waals surface area contributed by atoms with Crippen LogP contribution in [-0.2, 0) is 0 Å². The minimum Gasteiger partial charge on any atom is -0.497 e. The molecular weight excluding hydrogens is 265 g/mol. The summed E-state index contributed by atoms with van der Waals surface area (Å²) in [5, 5.41) is 7.63. The van der Waals surface area contributed by atoms with Gasteiger partial charge in [0.1, 0.15) is 11.6 Å². The van der Waals surface area contributed by atoms with E-state index in [4.69, 9.17) is 10.1 Å². The van der Waals surface area contributed by atoms with Gasteiger partial charge < -0.3 is 10.1 Å². The Morgan fingerprint density at radius 1 is 1.14 bits per heavy atom. The number of hydrogen-bond donors (Lipinski definition) is 1. The molecule has 2 aromatic carbocycles. The monoisotopic (exact) mass is 285 g/mol. The first-order valence-electron chi connectivity index (χ1n) is 7.03.